The summed E-state index contributed by atoms with van der Waals surface area (Å²) in [6.45, 7) is 0. The van der Waals surface area contributed by atoms with Crippen molar-refractivity contribution < 1.29 is 14.3 Å². The Hall–Kier alpha value is -1.91. The number of aromatic nitrogens is 1. The second kappa shape index (κ2) is 4.16. The number of carbonyl (C=O) groups is 1. The number of pyridine rings is 1. The molecule has 0 unspecified atom stereocenters. The lowest BCUT2D eigenvalue weighted by Crippen LogP contribution is -2.06. The molecule has 0 aromatic carbocycles. The van der Waals surface area contributed by atoms with E-state index in [1.54, 1.807) is 6.07 Å². The van der Waals surface area contributed by atoms with Crippen molar-refractivity contribution in [2.45, 2.75) is 0 Å². The predicted molar refractivity (Wildman–Crippen MR) is 61.0 cm³/mol. The summed E-state index contributed by atoms with van der Waals surface area (Å²) in [5, 5.41) is 19.7. The van der Waals surface area contributed by atoms with Crippen LogP contribution in [0.15, 0.2) is 6.20 Å². The van der Waals surface area contributed by atoms with Crippen LogP contribution in [-0.2, 0) is 0 Å². The van der Waals surface area contributed by atoms with Crippen LogP contribution in [0.25, 0.3) is 10.1 Å². The van der Waals surface area contributed by atoms with E-state index in [4.69, 9.17) is 22.0 Å². The number of halogens is 2. The summed E-state index contributed by atoms with van der Waals surface area (Å²) < 4.78 is 13.5. The Balaban J connectivity index is 2.80. The minimum atomic E-state index is -1.34. The van der Waals surface area contributed by atoms with Crippen molar-refractivity contribution in [3.05, 3.63) is 22.7 Å². The van der Waals surface area contributed by atoms with Gasteiger partial charge >= 0.3 is 6.09 Å². The summed E-state index contributed by atoms with van der Waals surface area (Å²) in [6.07, 6.45) is -0.412. The van der Waals surface area contributed by atoms with Crippen molar-refractivity contribution in [1.29, 1.82) is 5.26 Å². The summed E-state index contributed by atoms with van der Waals surface area (Å²) in [4.78, 5) is 14.1. The number of carboxylic acid groups (broad SMARTS) is 1. The molecular formula is C9H3ClFN3O2S. The lowest BCUT2D eigenvalue weighted by molar-refractivity contribution is 0.210. The van der Waals surface area contributed by atoms with Crippen LogP contribution in [0, 0.1) is 17.1 Å². The second-order valence-electron chi connectivity index (χ2n) is 2.95. The molecule has 2 rings (SSSR count). The van der Waals surface area contributed by atoms with Crippen LogP contribution in [-0.4, -0.2) is 16.2 Å². The second-order valence-corrected chi connectivity index (χ2v) is 4.33. The van der Waals surface area contributed by atoms with Crippen LogP contribution < -0.4 is 5.32 Å². The van der Waals surface area contributed by atoms with Gasteiger partial charge in [-0.15, -0.1) is 11.3 Å². The molecule has 0 spiro atoms. The molecule has 5 nitrogen and oxygen atoms in total. The van der Waals surface area contributed by atoms with Crippen LogP contribution in [0.5, 0.6) is 0 Å². The molecule has 86 valence electrons. The highest BCUT2D eigenvalue weighted by Gasteiger charge is 2.19. The number of thiophene rings is 1. The average Bonchev–Trinajstić information content (AvgIpc) is 2.62. The van der Waals surface area contributed by atoms with Crippen LogP contribution in [0.1, 0.15) is 5.56 Å². The van der Waals surface area contributed by atoms with Gasteiger partial charge in [-0.05, 0) is 0 Å². The van der Waals surface area contributed by atoms with Gasteiger partial charge in [-0.3, -0.25) is 5.32 Å². The Morgan fingerprint density at radius 1 is 1.71 bits per heavy atom. The van der Waals surface area contributed by atoms with Crippen molar-refractivity contribution >= 4 is 44.1 Å². The molecule has 0 fully saturated rings. The fourth-order valence-electron chi connectivity index (χ4n) is 1.32. The smallest absolute Gasteiger partial charge is 0.409 e. The van der Waals surface area contributed by atoms with Gasteiger partial charge in [0.25, 0.3) is 0 Å². The molecule has 0 aliphatic rings. The van der Waals surface area contributed by atoms with E-state index >= 15 is 0 Å². The van der Waals surface area contributed by atoms with E-state index in [0.717, 1.165) is 17.5 Å². The van der Waals surface area contributed by atoms with Gasteiger partial charge in [0.15, 0.2) is 5.82 Å². The predicted octanol–water partition coefficient (Wildman–Crippen LogP) is 3.05. The van der Waals surface area contributed by atoms with E-state index in [0.29, 0.717) is 0 Å². The molecular weight excluding hydrogens is 269 g/mol. The number of anilines is 1. The molecule has 8 heteroatoms. The highest BCUT2D eigenvalue weighted by atomic mass is 35.5. The maximum absolute atomic E-state index is 13.4. The SMILES string of the molecule is N#Cc1c(NC(=O)O)sc2c(F)cnc(Cl)c12. The molecule has 0 radical (unpaired) electrons. The molecule has 0 aliphatic heterocycles. The molecule has 2 aromatic heterocycles. The summed E-state index contributed by atoms with van der Waals surface area (Å²) in [6, 6.07) is 1.79. The molecule has 0 bridgehead atoms. The van der Waals surface area contributed by atoms with E-state index in [1.807, 2.05) is 5.32 Å². The van der Waals surface area contributed by atoms with Crippen molar-refractivity contribution in [2.24, 2.45) is 0 Å². The topological polar surface area (TPSA) is 86.0 Å². The minimum Gasteiger partial charge on any atom is -0.465 e. The van der Waals surface area contributed by atoms with E-state index in [-0.39, 0.29) is 25.8 Å². The number of hydrogen-bond donors (Lipinski definition) is 2. The quantitative estimate of drug-likeness (QED) is 0.781. The number of rotatable bonds is 1. The number of fused-ring (bicyclic) bond motifs is 1. The summed E-state index contributed by atoms with van der Waals surface area (Å²) in [5.74, 6) is -0.649. The number of nitrogens with one attached hydrogen (secondary N) is 1. The number of nitrogens with zero attached hydrogens (tertiary/aromatic N) is 2. The first-order valence-corrected chi connectivity index (χ1v) is 5.40. The van der Waals surface area contributed by atoms with Gasteiger partial charge in [0.05, 0.1) is 21.8 Å². The third-order valence-electron chi connectivity index (χ3n) is 1.95. The third kappa shape index (κ3) is 1.88. The van der Waals surface area contributed by atoms with Crippen molar-refractivity contribution in [3.63, 3.8) is 0 Å². The van der Waals surface area contributed by atoms with E-state index in [1.165, 1.54) is 0 Å². The molecule has 2 heterocycles. The lowest BCUT2D eigenvalue weighted by Gasteiger charge is -1.96. The first kappa shape index (κ1) is 11.6. The third-order valence-corrected chi connectivity index (χ3v) is 3.36. The highest BCUT2D eigenvalue weighted by molar-refractivity contribution is 7.23. The maximum atomic E-state index is 13.4. The largest absolute Gasteiger partial charge is 0.465 e. The van der Waals surface area contributed by atoms with E-state index < -0.39 is 11.9 Å². The van der Waals surface area contributed by atoms with Gasteiger partial charge in [0, 0.05) is 0 Å². The van der Waals surface area contributed by atoms with Gasteiger partial charge in [0.2, 0.25) is 0 Å². The Labute approximate surface area is 103 Å². The Kier molecular flexibility index (Phi) is 2.83. The van der Waals surface area contributed by atoms with E-state index in [2.05, 4.69) is 4.98 Å². The molecule has 0 saturated heterocycles. The summed E-state index contributed by atoms with van der Waals surface area (Å²) in [5.41, 5.74) is -0.0237. The maximum Gasteiger partial charge on any atom is 0.409 e. The van der Waals surface area contributed by atoms with Gasteiger partial charge < -0.3 is 5.11 Å². The van der Waals surface area contributed by atoms with Crippen LogP contribution >= 0.6 is 22.9 Å². The molecule has 17 heavy (non-hydrogen) atoms. The summed E-state index contributed by atoms with van der Waals surface area (Å²) >= 11 is 6.57. The highest BCUT2D eigenvalue weighted by Crippen LogP contribution is 2.39. The molecule has 0 saturated carbocycles. The van der Waals surface area contributed by atoms with Crippen LogP contribution in [0.2, 0.25) is 5.15 Å². The monoisotopic (exact) mass is 271 g/mol. The zero-order valence-corrected chi connectivity index (χ0v) is 9.56. The fraction of sp³-hybridized carbons (Fsp3) is 0. The van der Waals surface area contributed by atoms with E-state index in [9.17, 15) is 9.18 Å². The van der Waals surface area contributed by atoms with Crippen molar-refractivity contribution in [1.82, 2.24) is 4.98 Å². The average molecular weight is 272 g/mol. The van der Waals surface area contributed by atoms with Crippen molar-refractivity contribution in [3.8, 4) is 6.07 Å². The lowest BCUT2D eigenvalue weighted by atomic mass is 10.2. The molecule has 2 aromatic rings. The van der Waals surface area contributed by atoms with Gasteiger partial charge in [-0.25, -0.2) is 14.2 Å². The molecule has 2 N–H and O–H groups in total. The number of hydrogen-bond acceptors (Lipinski definition) is 4. The Morgan fingerprint density at radius 2 is 2.41 bits per heavy atom. The number of amides is 1. The zero-order valence-electron chi connectivity index (χ0n) is 7.99. The first-order chi connectivity index (χ1) is 8.04. The van der Waals surface area contributed by atoms with Crippen molar-refractivity contribution in [2.75, 3.05) is 5.32 Å². The molecule has 0 aliphatic carbocycles. The fourth-order valence-corrected chi connectivity index (χ4v) is 2.66. The van der Waals surface area contributed by atoms with Gasteiger partial charge in [0.1, 0.15) is 16.2 Å². The standard InChI is InChI=1S/C9H3ClFN3O2S/c10-7-5-3(1-12)8(14-9(15)16)17-6(5)4(11)2-13-7/h2,14H,(H,15,16). The van der Waals surface area contributed by atoms with Crippen LogP contribution in [0.4, 0.5) is 14.2 Å². The minimum absolute atomic E-state index is 0.0237. The van der Waals surface area contributed by atoms with Gasteiger partial charge in [-0.1, -0.05) is 11.6 Å². The Bertz CT molecular complexity index is 664. The molecule has 0 atom stereocenters. The number of nitriles is 1. The molecule has 1 amide bonds. The first-order valence-electron chi connectivity index (χ1n) is 4.21. The zero-order chi connectivity index (χ0) is 12.6. The van der Waals surface area contributed by atoms with Crippen LogP contribution in [0.3, 0.4) is 0 Å². The Morgan fingerprint density at radius 3 is 3.00 bits per heavy atom. The normalized spacial score (nSPS) is 10.2. The van der Waals surface area contributed by atoms with Gasteiger partial charge in [-0.2, -0.15) is 5.26 Å². The summed E-state index contributed by atoms with van der Waals surface area (Å²) in [7, 11) is 0.